The van der Waals surface area contributed by atoms with Crippen molar-refractivity contribution in [3.05, 3.63) is 27.3 Å². The number of likely N-dealkylation sites (N-methyl/N-ethyl adjacent to an activating group) is 1. The van der Waals surface area contributed by atoms with E-state index >= 15 is 0 Å². The molecular formula is C12H17IN2O. The van der Waals surface area contributed by atoms with Crippen LogP contribution in [0.25, 0.3) is 0 Å². The number of carbonyl (C=O) groups is 1. The molecular weight excluding hydrogens is 315 g/mol. The quantitative estimate of drug-likeness (QED) is 0.836. The van der Waals surface area contributed by atoms with Gasteiger partial charge in [-0.3, -0.25) is 4.79 Å². The van der Waals surface area contributed by atoms with Crippen molar-refractivity contribution >= 4 is 34.2 Å². The van der Waals surface area contributed by atoms with E-state index in [-0.39, 0.29) is 5.91 Å². The van der Waals surface area contributed by atoms with Gasteiger partial charge in [0, 0.05) is 9.26 Å². The van der Waals surface area contributed by atoms with Crippen LogP contribution in [0.3, 0.4) is 0 Å². The van der Waals surface area contributed by atoms with Crippen LogP contribution < -0.4 is 10.6 Å². The Morgan fingerprint density at radius 2 is 2.00 bits per heavy atom. The Kier molecular flexibility index (Phi) is 4.32. The van der Waals surface area contributed by atoms with Gasteiger partial charge in [-0.15, -0.1) is 0 Å². The minimum absolute atomic E-state index is 0.0327. The van der Waals surface area contributed by atoms with Gasteiger partial charge in [0.15, 0.2) is 0 Å². The lowest BCUT2D eigenvalue weighted by molar-refractivity contribution is -0.121. The molecule has 0 fully saturated rings. The van der Waals surface area contributed by atoms with Crippen LogP contribution in [-0.2, 0) is 4.79 Å². The number of carbonyl (C=O) groups excluding carboxylic acids is 1. The number of hydrogen-bond donors (Lipinski definition) is 2. The fraction of sp³-hybridized carbons (Fsp3) is 0.417. The van der Waals surface area contributed by atoms with Crippen LogP contribution in [0.5, 0.6) is 0 Å². The van der Waals surface area contributed by atoms with Gasteiger partial charge in [0.2, 0.25) is 5.91 Å². The number of nitrogens with one attached hydrogen (secondary N) is 2. The van der Waals surface area contributed by atoms with Gasteiger partial charge in [-0.05, 0) is 68.1 Å². The minimum Gasteiger partial charge on any atom is -0.324 e. The summed E-state index contributed by atoms with van der Waals surface area (Å²) in [5.74, 6) is -0.0327. The highest BCUT2D eigenvalue weighted by atomic mass is 127. The zero-order valence-electron chi connectivity index (χ0n) is 10.0. The van der Waals surface area contributed by atoms with Gasteiger partial charge in [0.1, 0.15) is 0 Å². The summed E-state index contributed by atoms with van der Waals surface area (Å²) in [6, 6.07) is 5.89. The number of hydrogen-bond acceptors (Lipinski definition) is 2. The third-order valence-electron chi connectivity index (χ3n) is 2.62. The van der Waals surface area contributed by atoms with Gasteiger partial charge in [-0.25, -0.2) is 0 Å². The SMILES string of the molecule is CNC(C)(C)C(=O)Nc1ccc(C)c(I)c1. The average molecular weight is 332 g/mol. The van der Waals surface area contributed by atoms with E-state index in [1.54, 1.807) is 7.05 Å². The van der Waals surface area contributed by atoms with Crippen molar-refractivity contribution in [2.75, 3.05) is 12.4 Å². The van der Waals surface area contributed by atoms with Gasteiger partial charge in [0.05, 0.1) is 5.54 Å². The second-order valence-electron chi connectivity index (χ2n) is 4.29. The molecule has 4 heteroatoms. The number of amides is 1. The average Bonchev–Trinajstić information content (AvgIpc) is 2.23. The molecule has 3 nitrogen and oxygen atoms in total. The fourth-order valence-electron chi connectivity index (χ4n) is 1.07. The molecule has 0 aromatic heterocycles. The molecule has 0 heterocycles. The van der Waals surface area contributed by atoms with Crippen LogP contribution in [0.1, 0.15) is 19.4 Å². The predicted molar refractivity (Wildman–Crippen MR) is 75.7 cm³/mol. The van der Waals surface area contributed by atoms with Crippen molar-refractivity contribution in [3.8, 4) is 0 Å². The molecule has 0 bridgehead atoms. The Balaban J connectivity index is 2.82. The van der Waals surface area contributed by atoms with Gasteiger partial charge in [-0.1, -0.05) is 6.07 Å². The molecule has 0 aliphatic rings. The largest absolute Gasteiger partial charge is 0.324 e. The number of rotatable bonds is 3. The van der Waals surface area contributed by atoms with Gasteiger partial charge >= 0.3 is 0 Å². The predicted octanol–water partition coefficient (Wildman–Crippen LogP) is 2.54. The highest BCUT2D eigenvalue weighted by molar-refractivity contribution is 14.1. The molecule has 1 aromatic carbocycles. The lowest BCUT2D eigenvalue weighted by atomic mass is 10.1. The van der Waals surface area contributed by atoms with Gasteiger partial charge in [0.25, 0.3) is 0 Å². The first-order valence-electron chi connectivity index (χ1n) is 5.13. The molecule has 88 valence electrons. The molecule has 0 aliphatic carbocycles. The van der Waals surface area contributed by atoms with Crippen LogP contribution in [0.15, 0.2) is 18.2 Å². The Morgan fingerprint density at radius 1 is 1.38 bits per heavy atom. The van der Waals surface area contributed by atoms with E-state index in [0.717, 1.165) is 9.26 Å². The maximum absolute atomic E-state index is 11.9. The summed E-state index contributed by atoms with van der Waals surface area (Å²) < 4.78 is 1.15. The van der Waals surface area contributed by atoms with Crippen molar-refractivity contribution in [3.63, 3.8) is 0 Å². The highest BCUT2D eigenvalue weighted by Crippen LogP contribution is 2.18. The molecule has 0 radical (unpaired) electrons. The maximum Gasteiger partial charge on any atom is 0.244 e. The van der Waals surface area contributed by atoms with Crippen LogP contribution in [0.4, 0.5) is 5.69 Å². The molecule has 16 heavy (non-hydrogen) atoms. The summed E-state index contributed by atoms with van der Waals surface area (Å²) in [5.41, 5.74) is 1.49. The summed E-state index contributed by atoms with van der Waals surface area (Å²) in [6.45, 7) is 5.74. The lowest BCUT2D eigenvalue weighted by Crippen LogP contribution is -2.47. The van der Waals surface area contributed by atoms with E-state index in [9.17, 15) is 4.79 Å². The zero-order chi connectivity index (χ0) is 12.3. The monoisotopic (exact) mass is 332 g/mol. The first-order chi connectivity index (χ1) is 7.36. The first kappa shape index (κ1) is 13.4. The van der Waals surface area contributed by atoms with Crippen molar-refractivity contribution in [1.29, 1.82) is 0 Å². The molecule has 0 atom stereocenters. The van der Waals surface area contributed by atoms with Gasteiger partial charge < -0.3 is 10.6 Å². The lowest BCUT2D eigenvalue weighted by Gasteiger charge is -2.22. The molecule has 0 spiro atoms. The topological polar surface area (TPSA) is 41.1 Å². The third kappa shape index (κ3) is 3.18. The van der Waals surface area contributed by atoms with Crippen molar-refractivity contribution in [2.45, 2.75) is 26.3 Å². The smallest absolute Gasteiger partial charge is 0.244 e. The van der Waals surface area contributed by atoms with E-state index in [2.05, 4.69) is 33.2 Å². The molecule has 0 saturated carbocycles. The maximum atomic E-state index is 11.9. The van der Waals surface area contributed by atoms with E-state index in [1.165, 1.54) is 5.56 Å². The molecule has 1 amide bonds. The van der Waals surface area contributed by atoms with Crippen LogP contribution in [-0.4, -0.2) is 18.5 Å². The van der Waals surface area contributed by atoms with Crippen LogP contribution in [0, 0.1) is 10.5 Å². The molecule has 1 aromatic rings. The molecule has 0 saturated heterocycles. The van der Waals surface area contributed by atoms with Crippen molar-refractivity contribution < 1.29 is 4.79 Å². The zero-order valence-corrected chi connectivity index (χ0v) is 12.2. The standard InChI is InChI=1S/C12H17IN2O/c1-8-5-6-9(7-10(8)13)15-11(16)12(2,3)14-4/h5-7,14H,1-4H3,(H,15,16). The minimum atomic E-state index is -0.559. The summed E-state index contributed by atoms with van der Waals surface area (Å²) >= 11 is 2.26. The number of anilines is 1. The van der Waals surface area contributed by atoms with Gasteiger partial charge in [-0.2, -0.15) is 0 Å². The van der Waals surface area contributed by atoms with E-state index in [4.69, 9.17) is 0 Å². The first-order valence-corrected chi connectivity index (χ1v) is 6.21. The third-order valence-corrected chi connectivity index (χ3v) is 3.78. The molecule has 0 aliphatic heterocycles. The normalized spacial score (nSPS) is 11.3. The van der Waals surface area contributed by atoms with E-state index < -0.39 is 5.54 Å². The van der Waals surface area contributed by atoms with Crippen LogP contribution >= 0.6 is 22.6 Å². The summed E-state index contributed by atoms with van der Waals surface area (Å²) in [4.78, 5) is 11.9. The second kappa shape index (κ2) is 5.14. The number of aryl methyl sites for hydroxylation is 1. The molecule has 1 rings (SSSR count). The molecule has 0 unspecified atom stereocenters. The summed E-state index contributed by atoms with van der Waals surface area (Å²) in [6.07, 6.45) is 0. The molecule has 2 N–H and O–H groups in total. The van der Waals surface area contributed by atoms with E-state index in [0.29, 0.717) is 0 Å². The fourth-order valence-corrected chi connectivity index (χ4v) is 1.59. The second-order valence-corrected chi connectivity index (χ2v) is 5.46. The van der Waals surface area contributed by atoms with E-state index in [1.807, 2.05) is 39.0 Å². The Morgan fingerprint density at radius 3 is 2.50 bits per heavy atom. The highest BCUT2D eigenvalue weighted by Gasteiger charge is 2.25. The van der Waals surface area contributed by atoms with Crippen LogP contribution in [0.2, 0.25) is 0 Å². The van der Waals surface area contributed by atoms with Crippen molar-refractivity contribution in [1.82, 2.24) is 5.32 Å². The summed E-state index contributed by atoms with van der Waals surface area (Å²) in [5, 5.41) is 5.87. The summed E-state index contributed by atoms with van der Waals surface area (Å²) in [7, 11) is 1.78. The van der Waals surface area contributed by atoms with Crippen molar-refractivity contribution in [2.24, 2.45) is 0 Å². The number of halogens is 1. The Hall–Kier alpha value is -0.620. The Labute approximate surface area is 110 Å². The Bertz CT molecular complexity index is 402. The number of benzene rings is 1.